The third kappa shape index (κ3) is 3.81. The molecule has 3 aromatic rings. The van der Waals surface area contributed by atoms with E-state index in [-0.39, 0.29) is 17.7 Å². The van der Waals surface area contributed by atoms with Gasteiger partial charge in [0, 0.05) is 29.6 Å². The molecule has 4 nitrogen and oxygen atoms in total. The van der Waals surface area contributed by atoms with Crippen molar-refractivity contribution in [3.8, 4) is 0 Å². The van der Waals surface area contributed by atoms with Crippen LogP contribution in [0.4, 0.5) is 0 Å². The molecule has 0 spiro atoms. The molecule has 4 heteroatoms. The Bertz CT molecular complexity index is 856. The van der Waals surface area contributed by atoms with Gasteiger partial charge in [0.1, 0.15) is 0 Å². The molecule has 0 saturated carbocycles. The van der Waals surface area contributed by atoms with E-state index in [9.17, 15) is 4.79 Å². The van der Waals surface area contributed by atoms with Crippen LogP contribution in [0.25, 0.3) is 10.9 Å². The highest BCUT2D eigenvalue weighted by Gasteiger charge is 2.23. The Morgan fingerprint density at radius 2 is 1.81 bits per heavy atom. The molecule has 26 heavy (non-hydrogen) atoms. The molecule has 4 N–H and O–H groups in total. The first-order valence-electron chi connectivity index (χ1n) is 9.26. The number of rotatable bonds is 7. The second-order valence-corrected chi connectivity index (χ2v) is 6.91. The Labute approximate surface area is 154 Å². The minimum absolute atomic E-state index is 0.0698. The van der Waals surface area contributed by atoms with E-state index in [2.05, 4.69) is 41.5 Å². The quantitative estimate of drug-likeness (QED) is 0.607. The molecule has 136 valence electrons. The number of nitrogens with two attached hydrogens (primary N) is 1. The van der Waals surface area contributed by atoms with Crippen molar-refractivity contribution in [2.45, 2.75) is 32.2 Å². The van der Waals surface area contributed by atoms with E-state index in [0.29, 0.717) is 6.54 Å². The first-order valence-corrected chi connectivity index (χ1v) is 9.26. The molecule has 0 fully saturated rings. The summed E-state index contributed by atoms with van der Waals surface area (Å²) >= 11 is 0. The first kappa shape index (κ1) is 18.2. The van der Waals surface area contributed by atoms with Crippen LogP contribution in [0.5, 0.6) is 0 Å². The van der Waals surface area contributed by atoms with Crippen molar-refractivity contribution in [3.63, 3.8) is 0 Å². The van der Waals surface area contributed by atoms with Gasteiger partial charge in [-0.3, -0.25) is 4.79 Å². The fraction of sp³-hybridized carbons (Fsp3) is 0.318. The number of carbonyl (C=O) groups excluding carboxylic acids is 1. The van der Waals surface area contributed by atoms with Gasteiger partial charge in [0.05, 0.1) is 6.04 Å². The van der Waals surface area contributed by atoms with E-state index < -0.39 is 6.04 Å². The summed E-state index contributed by atoms with van der Waals surface area (Å²) in [5.74, 6) is 0.152. The number of aromatic amines is 1. The van der Waals surface area contributed by atoms with Gasteiger partial charge in [-0.1, -0.05) is 68.8 Å². The molecule has 0 aliphatic heterocycles. The van der Waals surface area contributed by atoms with Crippen molar-refractivity contribution < 1.29 is 4.79 Å². The van der Waals surface area contributed by atoms with Gasteiger partial charge in [-0.25, -0.2) is 0 Å². The van der Waals surface area contributed by atoms with Crippen molar-refractivity contribution in [1.29, 1.82) is 0 Å². The zero-order valence-electron chi connectivity index (χ0n) is 15.4. The van der Waals surface area contributed by atoms with Crippen LogP contribution in [0, 0.1) is 5.92 Å². The van der Waals surface area contributed by atoms with Gasteiger partial charge in [-0.15, -0.1) is 0 Å². The maximum Gasteiger partial charge on any atom is 0.237 e. The maximum absolute atomic E-state index is 12.5. The topological polar surface area (TPSA) is 70.9 Å². The SMILES string of the molecule is CCC(C)C(N)C(=O)NCC(c1ccccc1)c1c[nH]c2ccccc12. The second-order valence-electron chi connectivity index (χ2n) is 6.91. The lowest BCUT2D eigenvalue weighted by Crippen LogP contribution is -2.45. The van der Waals surface area contributed by atoms with Crippen LogP contribution in [-0.2, 0) is 4.79 Å². The number of benzene rings is 2. The van der Waals surface area contributed by atoms with Crippen molar-refractivity contribution in [2.75, 3.05) is 6.54 Å². The van der Waals surface area contributed by atoms with Crippen LogP contribution >= 0.6 is 0 Å². The third-order valence-corrected chi connectivity index (χ3v) is 5.24. The molecule has 0 aliphatic carbocycles. The maximum atomic E-state index is 12.5. The van der Waals surface area contributed by atoms with Crippen LogP contribution in [0.15, 0.2) is 60.8 Å². The van der Waals surface area contributed by atoms with Crippen molar-refractivity contribution >= 4 is 16.8 Å². The molecule has 0 saturated heterocycles. The Morgan fingerprint density at radius 1 is 1.12 bits per heavy atom. The van der Waals surface area contributed by atoms with E-state index in [0.717, 1.165) is 11.9 Å². The average Bonchev–Trinajstić information content (AvgIpc) is 3.11. The van der Waals surface area contributed by atoms with Gasteiger partial charge in [0.25, 0.3) is 0 Å². The van der Waals surface area contributed by atoms with Crippen LogP contribution in [0.1, 0.15) is 37.3 Å². The van der Waals surface area contributed by atoms with E-state index in [4.69, 9.17) is 5.73 Å². The lowest BCUT2D eigenvalue weighted by atomic mass is 9.90. The molecule has 1 heterocycles. The number of H-pyrrole nitrogens is 1. The molecule has 3 unspecified atom stereocenters. The van der Waals surface area contributed by atoms with E-state index in [1.165, 1.54) is 16.5 Å². The largest absolute Gasteiger partial charge is 0.361 e. The van der Waals surface area contributed by atoms with E-state index in [1.54, 1.807) is 0 Å². The standard InChI is InChI=1S/C22H27N3O/c1-3-15(2)21(23)22(26)25-13-18(16-9-5-4-6-10-16)19-14-24-20-12-8-7-11-17(19)20/h4-12,14-15,18,21,24H,3,13,23H2,1-2H3,(H,25,26). The van der Waals surface area contributed by atoms with Crippen LogP contribution in [-0.4, -0.2) is 23.5 Å². The number of para-hydroxylation sites is 1. The van der Waals surface area contributed by atoms with Crippen LogP contribution in [0.2, 0.25) is 0 Å². The number of fused-ring (bicyclic) bond motifs is 1. The molecule has 1 amide bonds. The summed E-state index contributed by atoms with van der Waals surface area (Å²) in [5, 5.41) is 4.25. The summed E-state index contributed by atoms with van der Waals surface area (Å²) in [7, 11) is 0. The third-order valence-electron chi connectivity index (χ3n) is 5.24. The van der Waals surface area contributed by atoms with Gasteiger partial charge < -0.3 is 16.0 Å². The molecule has 0 aliphatic rings. The van der Waals surface area contributed by atoms with Gasteiger partial charge in [-0.2, -0.15) is 0 Å². The minimum atomic E-state index is -0.473. The summed E-state index contributed by atoms with van der Waals surface area (Å²) in [4.78, 5) is 15.8. The first-order chi connectivity index (χ1) is 12.6. The van der Waals surface area contributed by atoms with Gasteiger partial charge >= 0.3 is 0 Å². The monoisotopic (exact) mass is 349 g/mol. The molecular weight excluding hydrogens is 322 g/mol. The Balaban J connectivity index is 1.87. The highest BCUT2D eigenvalue weighted by molar-refractivity contribution is 5.85. The predicted molar refractivity (Wildman–Crippen MR) is 107 cm³/mol. The number of hydrogen-bond acceptors (Lipinski definition) is 2. The summed E-state index contributed by atoms with van der Waals surface area (Å²) < 4.78 is 0. The van der Waals surface area contributed by atoms with Crippen LogP contribution in [0.3, 0.4) is 0 Å². The summed E-state index contributed by atoms with van der Waals surface area (Å²) in [6, 6.07) is 18.1. The fourth-order valence-corrected chi connectivity index (χ4v) is 3.31. The second kappa shape index (κ2) is 8.19. The van der Waals surface area contributed by atoms with Gasteiger partial charge in [0.15, 0.2) is 0 Å². The van der Waals surface area contributed by atoms with Crippen LogP contribution < -0.4 is 11.1 Å². The molecule has 0 bridgehead atoms. The van der Waals surface area contributed by atoms with Gasteiger partial charge in [-0.05, 0) is 23.1 Å². The lowest BCUT2D eigenvalue weighted by molar-refractivity contribution is -0.123. The lowest BCUT2D eigenvalue weighted by Gasteiger charge is -2.22. The number of aromatic nitrogens is 1. The number of carbonyl (C=O) groups is 1. The summed E-state index contributed by atoms with van der Waals surface area (Å²) in [5.41, 5.74) is 9.55. The molecule has 1 aromatic heterocycles. The van der Waals surface area contributed by atoms with Crippen molar-refractivity contribution in [1.82, 2.24) is 10.3 Å². The van der Waals surface area contributed by atoms with E-state index >= 15 is 0 Å². The average molecular weight is 349 g/mol. The summed E-state index contributed by atoms with van der Waals surface area (Å²) in [6.07, 6.45) is 2.93. The smallest absolute Gasteiger partial charge is 0.237 e. The molecule has 0 radical (unpaired) electrons. The highest BCUT2D eigenvalue weighted by Crippen LogP contribution is 2.30. The minimum Gasteiger partial charge on any atom is -0.361 e. The zero-order valence-corrected chi connectivity index (χ0v) is 15.4. The highest BCUT2D eigenvalue weighted by atomic mass is 16.2. The van der Waals surface area contributed by atoms with Crippen molar-refractivity contribution in [2.24, 2.45) is 11.7 Å². The van der Waals surface area contributed by atoms with Crippen molar-refractivity contribution in [3.05, 3.63) is 71.9 Å². The predicted octanol–water partition coefficient (Wildman–Crippen LogP) is 3.79. The zero-order chi connectivity index (χ0) is 18.5. The molecular formula is C22H27N3O. The van der Waals surface area contributed by atoms with E-state index in [1.807, 2.05) is 43.5 Å². The molecule has 2 aromatic carbocycles. The number of hydrogen-bond donors (Lipinski definition) is 3. The Kier molecular flexibility index (Phi) is 5.74. The number of nitrogens with one attached hydrogen (secondary N) is 2. The molecule has 3 rings (SSSR count). The Hall–Kier alpha value is -2.59. The summed E-state index contributed by atoms with van der Waals surface area (Å²) in [6.45, 7) is 4.59. The molecule has 3 atom stereocenters. The van der Waals surface area contributed by atoms with Gasteiger partial charge in [0.2, 0.25) is 5.91 Å². The fourth-order valence-electron chi connectivity index (χ4n) is 3.31. The Morgan fingerprint density at radius 3 is 2.54 bits per heavy atom. The number of amides is 1. The normalized spacial score (nSPS) is 14.7.